The highest BCUT2D eigenvalue weighted by molar-refractivity contribution is 7.99. The molecule has 1 saturated carbocycles. The smallest absolute Gasteiger partial charge is 0.236 e. The fourth-order valence-electron chi connectivity index (χ4n) is 2.70. The number of hydrogen-bond donors (Lipinski definition) is 1. The molecule has 0 atom stereocenters. The number of thioether (sulfide) groups is 1. The molecular weight excluding hydrogens is 354 g/mol. The number of amides is 1. The van der Waals surface area contributed by atoms with Gasteiger partial charge in [-0.05, 0) is 38.8 Å². The van der Waals surface area contributed by atoms with Gasteiger partial charge in [-0.3, -0.25) is 4.79 Å². The summed E-state index contributed by atoms with van der Waals surface area (Å²) in [6.07, 6.45) is 2.38. The first kappa shape index (κ1) is 16.5. The Kier molecular flexibility index (Phi) is 4.47. The Morgan fingerprint density at radius 3 is 2.88 bits per heavy atom. The normalized spacial score (nSPS) is 14.4. The average Bonchev–Trinajstić information content (AvgIpc) is 3.20. The van der Waals surface area contributed by atoms with Crippen molar-refractivity contribution < 1.29 is 4.79 Å². The van der Waals surface area contributed by atoms with Gasteiger partial charge < -0.3 is 9.88 Å². The van der Waals surface area contributed by atoms with Crippen LogP contribution in [0.15, 0.2) is 29.4 Å². The minimum absolute atomic E-state index is 0.0738. The summed E-state index contributed by atoms with van der Waals surface area (Å²) in [5.74, 6) is 1.83. The summed E-state index contributed by atoms with van der Waals surface area (Å²) in [6.45, 7) is 4.25. The monoisotopic (exact) mass is 373 g/mol. The van der Waals surface area contributed by atoms with Crippen molar-refractivity contribution in [1.82, 2.24) is 19.7 Å². The Morgan fingerprint density at radius 1 is 1.36 bits per heavy atom. The molecule has 2 heterocycles. The van der Waals surface area contributed by atoms with Crippen LogP contribution in [0.3, 0.4) is 0 Å². The minimum atomic E-state index is -0.0738. The van der Waals surface area contributed by atoms with E-state index >= 15 is 0 Å². The first-order chi connectivity index (χ1) is 12.1. The van der Waals surface area contributed by atoms with Gasteiger partial charge in [-0.2, -0.15) is 0 Å². The van der Waals surface area contributed by atoms with Gasteiger partial charge in [0.25, 0.3) is 0 Å². The van der Waals surface area contributed by atoms with Crippen LogP contribution in [-0.2, 0) is 4.79 Å². The Balaban J connectivity index is 1.42. The van der Waals surface area contributed by atoms with Gasteiger partial charge in [0, 0.05) is 12.0 Å². The molecule has 1 aliphatic rings. The summed E-state index contributed by atoms with van der Waals surface area (Å²) in [7, 11) is 0. The van der Waals surface area contributed by atoms with Gasteiger partial charge in [-0.25, -0.2) is 4.98 Å². The number of carbonyl (C=O) groups excluding carboxylic acids is 1. The predicted molar refractivity (Wildman–Crippen MR) is 101 cm³/mol. The third-order valence-electron chi connectivity index (χ3n) is 4.02. The van der Waals surface area contributed by atoms with Crippen LogP contribution in [0.5, 0.6) is 0 Å². The van der Waals surface area contributed by atoms with Crippen molar-refractivity contribution in [3.8, 4) is 0 Å². The highest BCUT2D eigenvalue weighted by atomic mass is 32.2. The van der Waals surface area contributed by atoms with Crippen molar-refractivity contribution in [2.45, 2.75) is 43.8 Å². The quantitative estimate of drug-likeness (QED) is 0.659. The molecule has 6 nitrogen and oxygen atoms in total. The molecule has 0 saturated heterocycles. The highest BCUT2D eigenvalue weighted by Crippen LogP contribution is 2.41. The van der Waals surface area contributed by atoms with E-state index in [1.54, 1.807) is 0 Å². The second kappa shape index (κ2) is 6.76. The molecule has 4 rings (SSSR count). The number of thiazole rings is 1. The van der Waals surface area contributed by atoms with E-state index in [4.69, 9.17) is 0 Å². The van der Waals surface area contributed by atoms with Gasteiger partial charge in [-0.15, -0.1) is 10.2 Å². The van der Waals surface area contributed by atoms with E-state index in [0.717, 1.165) is 21.2 Å². The summed E-state index contributed by atoms with van der Waals surface area (Å²) in [5, 5.41) is 13.0. The second-order valence-corrected chi connectivity index (χ2v) is 8.38. The van der Waals surface area contributed by atoms with E-state index in [1.807, 2.05) is 24.3 Å². The van der Waals surface area contributed by atoms with E-state index < -0.39 is 0 Å². The van der Waals surface area contributed by atoms with E-state index in [1.165, 1.54) is 35.9 Å². The maximum atomic E-state index is 12.3. The Hall–Kier alpha value is -1.93. The molecule has 0 radical (unpaired) electrons. The van der Waals surface area contributed by atoms with E-state index in [9.17, 15) is 4.79 Å². The summed E-state index contributed by atoms with van der Waals surface area (Å²) in [5.41, 5.74) is 0.907. The van der Waals surface area contributed by atoms with Crippen molar-refractivity contribution in [3.05, 3.63) is 30.1 Å². The molecule has 0 spiro atoms. The van der Waals surface area contributed by atoms with Crippen LogP contribution in [0.2, 0.25) is 0 Å². The molecule has 130 valence electrons. The maximum absolute atomic E-state index is 12.3. The van der Waals surface area contributed by atoms with Crippen LogP contribution in [0.25, 0.3) is 10.2 Å². The van der Waals surface area contributed by atoms with Crippen LogP contribution in [0.4, 0.5) is 5.13 Å². The van der Waals surface area contributed by atoms with E-state index in [-0.39, 0.29) is 5.91 Å². The lowest BCUT2D eigenvalue weighted by Gasteiger charge is -2.13. The number of benzene rings is 1. The molecule has 1 fully saturated rings. The molecule has 1 aliphatic carbocycles. The lowest BCUT2D eigenvalue weighted by Crippen LogP contribution is -2.15. The lowest BCUT2D eigenvalue weighted by molar-refractivity contribution is -0.113. The Labute approximate surface area is 154 Å². The Bertz CT molecular complexity index is 880. The molecule has 2 aromatic heterocycles. The summed E-state index contributed by atoms with van der Waals surface area (Å²) < 4.78 is 3.23. The average molecular weight is 374 g/mol. The van der Waals surface area contributed by atoms with Gasteiger partial charge in [-0.1, -0.05) is 35.2 Å². The summed E-state index contributed by atoms with van der Waals surface area (Å²) in [6, 6.07) is 8.15. The zero-order chi connectivity index (χ0) is 17.4. The zero-order valence-electron chi connectivity index (χ0n) is 14.1. The second-order valence-electron chi connectivity index (χ2n) is 6.40. The number of nitrogens with one attached hydrogen (secondary N) is 1. The number of nitrogens with zero attached hydrogens (tertiary/aromatic N) is 4. The molecule has 8 heteroatoms. The topological polar surface area (TPSA) is 72.7 Å². The molecule has 1 aromatic carbocycles. The van der Waals surface area contributed by atoms with Crippen molar-refractivity contribution in [1.29, 1.82) is 0 Å². The molecule has 0 bridgehead atoms. The number of carbonyl (C=O) groups is 1. The summed E-state index contributed by atoms with van der Waals surface area (Å²) in [4.78, 5) is 16.7. The van der Waals surface area contributed by atoms with Crippen molar-refractivity contribution in [3.63, 3.8) is 0 Å². The first-order valence-corrected chi connectivity index (χ1v) is 10.1. The van der Waals surface area contributed by atoms with Crippen LogP contribution >= 0.6 is 23.1 Å². The first-order valence-electron chi connectivity index (χ1n) is 8.35. The molecule has 1 amide bonds. The fourth-order valence-corrected chi connectivity index (χ4v) is 4.46. The van der Waals surface area contributed by atoms with Crippen LogP contribution in [0, 0.1) is 0 Å². The molecule has 25 heavy (non-hydrogen) atoms. The van der Waals surface area contributed by atoms with Crippen LogP contribution in [0.1, 0.15) is 44.5 Å². The molecule has 3 aromatic rings. The number of anilines is 1. The lowest BCUT2D eigenvalue weighted by atomic mass is 10.3. The third-order valence-corrected chi connectivity index (χ3v) is 5.92. The van der Waals surface area contributed by atoms with Gasteiger partial charge in [0.05, 0.1) is 16.0 Å². The standard InChI is InChI=1S/C17H19N5OS2/c1-10(2)22-15(11-7-8-11)20-21-17(22)24-9-14(23)19-16-18-12-5-3-4-6-13(12)25-16/h3-6,10-11H,7-9H2,1-2H3,(H,18,19,23). The predicted octanol–water partition coefficient (Wildman–Crippen LogP) is 4.08. The SMILES string of the molecule is CC(C)n1c(SCC(=O)Nc2nc3ccccc3s2)nnc1C1CC1. The minimum Gasteiger partial charge on any atom is -0.303 e. The van der Waals surface area contributed by atoms with Gasteiger partial charge >= 0.3 is 0 Å². The van der Waals surface area contributed by atoms with Crippen molar-refractivity contribution in [2.24, 2.45) is 0 Å². The van der Waals surface area contributed by atoms with Crippen molar-refractivity contribution >= 4 is 44.4 Å². The van der Waals surface area contributed by atoms with Crippen LogP contribution in [-0.4, -0.2) is 31.4 Å². The molecular formula is C17H19N5OS2. The highest BCUT2D eigenvalue weighted by Gasteiger charge is 2.31. The zero-order valence-corrected chi connectivity index (χ0v) is 15.7. The number of aromatic nitrogens is 4. The van der Waals surface area contributed by atoms with Crippen LogP contribution < -0.4 is 5.32 Å². The van der Waals surface area contributed by atoms with Gasteiger partial charge in [0.2, 0.25) is 5.91 Å². The molecule has 1 N–H and O–H groups in total. The van der Waals surface area contributed by atoms with Crippen molar-refractivity contribution in [2.75, 3.05) is 11.1 Å². The Morgan fingerprint density at radius 2 is 2.16 bits per heavy atom. The van der Waals surface area contributed by atoms with Gasteiger partial charge in [0.1, 0.15) is 5.82 Å². The molecule has 0 unspecified atom stereocenters. The number of rotatable bonds is 6. The molecule has 0 aliphatic heterocycles. The number of hydrogen-bond acceptors (Lipinski definition) is 6. The van der Waals surface area contributed by atoms with E-state index in [0.29, 0.717) is 22.8 Å². The number of fused-ring (bicyclic) bond motifs is 1. The fraction of sp³-hybridized carbons (Fsp3) is 0.412. The summed E-state index contributed by atoms with van der Waals surface area (Å²) >= 11 is 2.92. The van der Waals surface area contributed by atoms with Gasteiger partial charge in [0.15, 0.2) is 10.3 Å². The number of para-hydroxylation sites is 1. The third kappa shape index (κ3) is 3.55. The van der Waals surface area contributed by atoms with E-state index in [2.05, 4.69) is 38.9 Å². The maximum Gasteiger partial charge on any atom is 0.236 e. The largest absolute Gasteiger partial charge is 0.303 e.